The minimum atomic E-state index is -0.371. The number of hydrogen-bond donors (Lipinski definition) is 0. The number of amides is 2. The van der Waals surface area contributed by atoms with Gasteiger partial charge in [0.2, 0.25) is 0 Å². The average molecular weight is 642 g/mol. The van der Waals surface area contributed by atoms with Crippen LogP contribution in [0, 0.1) is 11.3 Å². The summed E-state index contributed by atoms with van der Waals surface area (Å²) in [6, 6.07) is 55.3. The first-order valence-corrected chi connectivity index (χ1v) is 16.4. The first kappa shape index (κ1) is 29.1. The van der Waals surface area contributed by atoms with Crippen LogP contribution in [0.2, 0.25) is 0 Å². The van der Waals surface area contributed by atoms with E-state index in [2.05, 4.69) is 28.8 Å². The van der Waals surface area contributed by atoms with Crippen molar-refractivity contribution in [3.05, 3.63) is 180 Å². The minimum absolute atomic E-state index is 0.359. The molecule has 0 saturated heterocycles. The quantitative estimate of drug-likeness (QED) is 0.176. The summed E-state index contributed by atoms with van der Waals surface area (Å²) < 4.78 is 2.12. The van der Waals surface area contributed by atoms with Crippen LogP contribution in [0.4, 0.5) is 5.69 Å². The summed E-state index contributed by atoms with van der Waals surface area (Å²) in [5.41, 5.74) is 9.86. The molecule has 2 heterocycles. The van der Waals surface area contributed by atoms with Gasteiger partial charge in [0, 0.05) is 21.9 Å². The highest BCUT2D eigenvalue weighted by molar-refractivity contribution is 6.37. The molecule has 0 spiro atoms. The van der Waals surface area contributed by atoms with E-state index < -0.39 is 0 Å². The summed E-state index contributed by atoms with van der Waals surface area (Å²) in [6.45, 7) is 0. The van der Waals surface area contributed by atoms with Gasteiger partial charge in [0.1, 0.15) is 0 Å². The molecule has 1 aromatic heterocycles. The van der Waals surface area contributed by atoms with Gasteiger partial charge in [0.05, 0.1) is 45.2 Å². The Kier molecular flexibility index (Phi) is 6.75. The molecule has 0 N–H and O–H groups in total. The van der Waals surface area contributed by atoms with Crippen molar-refractivity contribution in [3.63, 3.8) is 0 Å². The van der Waals surface area contributed by atoms with Gasteiger partial charge in [-0.05, 0) is 58.7 Å². The Morgan fingerprint density at radius 2 is 1.02 bits per heavy atom. The van der Waals surface area contributed by atoms with Crippen LogP contribution in [0.1, 0.15) is 26.3 Å². The number of fused-ring (bicyclic) bond motifs is 4. The fourth-order valence-electron chi connectivity index (χ4n) is 7.39. The highest BCUT2D eigenvalue weighted by atomic mass is 16.2. The van der Waals surface area contributed by atoms with Crippen LogP contribution in [0.3, 0.4) is 0 Å². The highest BCUT2D eigenvalue weighted by Crippen LogP contribution is 2.45. The van der Waals surface area contributed by atoms with E-state index in [1.54, 1.807) is 6.07 Å². The zero-order valence-electron chi connectivity index (χ0n) is 26.7. The number of carbonyl (C=O) groups is 2. The van der Waals surface area contributed by atoms with Crippen LogP contribution in [0.25, 0.3) is 60.9 Å². The molecule has 1 aliphatic heterocycles. The van der Waals surface area contributed by atoms with Crippen LogP contribution < -0.4 is 4.90 Å². The third kappa shape index (κ3) is 4.40. The molecule has 234 valence electrons. The van der Waals surface area contributed by atoms with Crippen molar-refractivity contribution in [1.82, 2.24) is 4.57 Å². The Morgan fingerprint density at radius 1 is 0.440 bits per heavy atom. The molecule has 8 aromatic rings. The minimum Gasteiger partial charge on any atom is -0.308 e. The summed E-state index contributed by atoms with van der Waals surface area (Å²) in [4.78, 5) is 30.8. The predicted molar refractivity (Wildman–Crippen MR) is 199 cm³/mol. The molecule has 0 bridgehead atoms. The van der Waals surface area contributed by atoms with Crippen LogP contribution in [-0.4, -0.2) is 16.4 Å². The zero-order chi connectivity index (χ0) is 33.8. The van der Waals surface area contributed by atoms with Gasteiger partial charge in [-0.15, -0.1) is 0 Å². The van der Waals surface area contributed by atoms with Crippen LogP contribution in [0.15, 0.2) is 164 Å². The molecule has 1 aliphatic rings. The molecule has 0 aliphatic carbocycles. The molecule has 0 saturated carbocycles. The molecule has 5 nitrogen and oxygen atoms in total. The molecular formula is C45H27N3O2. The summed E-state index contributed by atoms with van der Waals surface area (Å²) in [6.07, 6.45) is 0. The van der Waals surface area contributed by atoms with E-state index in [9.17, 15) is 14.9 Å². The van der Waals surface area contributed by atoms with Crippen LogP contribution >= 0.6 is 0 Å². The number of carbonyl (C=O) groups excluding carboxylic acids is 2. The normalized spacial score (nSPS) is 12.4. The largest absolute Gasteiger partial charge is 0.308 e. The second-order valence-corrected chi connectivity index (χ2v) is 12.3. The van der Waals surface area contributed by atoms with Crippen molar-refractivity contribution < 1.29 is 9.59 Å². The van der Waals surface area contributed by atoms with Crippen molar-refractivity contribution in [3.8, 4) is 45.1 Å². The molecule has 0 fully saturated rings. The number of imide groups is 1. The zero-order valence-corrected chi connectivity index (χ0v) is 26.7. The SMILES string of the molecule is N#Cc1ccc(-c2cccc3c4ccccc4n(-c4cccc5c4C(=O)N(c4cccc(-c6ccccc6)c4-c4ccccc4)C5=O)c23)cc1. The fourth-order valence-corrected chi connectivity index (χ4v) is 7.39. The van der Waals surface area contributed by atoms with E-state index in [1.807, 2.05) is 140 Å². The smallest absolute Gasteiger partial charge is 0.268 e. The van der Waals surface area contributed by atoms with Crippen molar-refractivity contribution in [2.75, 3.05) is 4.90 Å². The maximum atomic E-state index is 14.9. The van der Waals surface area contributed by atoms with Crippen molar-refractivity contribution >= 4 is 39.3 Å². The molecule has 0 unspecified atom stereocenters. The molecule has 0 atom stereocenters. The van der Waals surface area contributed by atoms with E-state index in [4.69, 9.17) is 0 Å². The number of aromatic nitrogens is 1. The van der Waals surface area contributed by atoms with Gasteiger partial charge in [-0.3, -0.25) is 9.59 Å². The van der Waals surface area contributed by atoms with E-state index in [0.717, 1.165) is 55.2 Å². The van der Waals surface area contributed by atoms with Gasteiger partial charge in [0.25, 0.3) is 11.8 Å². The Morgan fingerprint density at radius 3 is 1.76 bits per heavy atom. The second kappa shape index (κ2) is 11.6. The van der Waals surface area contributed by atoms with Gasteiger partial charge >= 0.3 is 0 Å². The summed E-state index contributed by atoms with van der Waals surface area (Å²) in [5.74, 6) is -0.730. The van der Waals surface area contributed by atoms with Crippen molar-refractivity contribution in [2.45, 2.75) is 0 Å². The number of hydrogen-bond acceptors (Lipinski definition) is 3. The maximum Gasteiger partial charge on any atom is 0.268 e. The molecule has 5 heteroatoms. The molecule has 0 radical (unpaired) electrons. The number of benzene rings is 7. The van der Waals surface area contributed by atoms with Gasteiger partial charge in [-0.1, -0.05) is 127 Å². The van der Waals surface area contributed by atoms with E-state index >= 15 is 0 Å². The van der Waals surface area contributed by atoms with Gasteiger partial charge in [-0.2, -0.15) is 5.26 Å². The lowest BCUT2D eigenvalue weighted by molar-refractivity contribution is 0.0926. The maximum absolute atomic E-state index is 14.9. The van der Waals surface area contributed by atoms with Crippen molar-refractivity contribution in [2.24, 2.45) is 0 Å². The summed E-state index contributed by atoms with van der Waals surface area (Å²) >= 11 is 0. The van der Waals surface area contributed by atoms with Crippen molar-refractivity contribution in [1.29, 1.82) is 5.26 Å². The Labute approximate surface area is 288 Å². The van der Waals surface area contributed by atoms with Crippen LogP contribution in [0.5, 0.6) is 0 Å². The van der Waals surface area contributed by atoms with E-state index in [1.165, 1.54) is 4.90 Å². The highest BCUT2D eigenvalue weighted by Gasteiger charge is 2.41. The average Bonchev–Trinajstić information content (AvgIpc) is 3.66. The fraction of sp³-hybridized carbons (Fsp3) is 0. The molecule has 50 heavy (non-hydrogen) atoms. The third-order valence-electron chi connectivity index (χ3n) is 9.58. The lowest BCUT2D eigenvalue weighted by Crippen LogP contribution is -2.30. The lowest BCUT2D eigenvalue weighted by atomic mass is 9.92. The Hall–Kier alpha value is -7.03. The first-order chi connectivity index (χ1) is 24.6. The first-order valence-electron chi connectivity index (χ1n) is 16.4. The van der Waals surface area contributed by atoms with E-state index in [0.29, 0.717) is 28.1 Å². The summed E-state index contributed by atoms with van der Waals surface area (Å²) in [5, 5.41) is 11.5. The standard InChI is InChI=1S/C45H27N3O2/c46-28-29-24-26-31(27-25-29)34-18-9-19-36-35-16-7-8-21-38(35)47(43(34)36)40-23-11-20-37-42(40)45(50)48(44(37)49)39-22-10-17-33(30-12-3-1-4-13-30)41(39)32-14-5-2-6-15-32/h1-27H. The molecule has 2 amide bonds. The number of para-hydroxylation sites is 2. The third-order valence-corrected chi connectivity index (χ3v) is 9.58. The van der Waals surface area contributed by atoms with Crippen LogP contribution in [-0.2, 0) is 0 Å². The number of nitrogens with zero attached hydrogens (tertiary/aromatic N) is 3. The monoisotopic (exact) mass is 641 g/mol. The Bertz CT molecular complexity index is 2690. The predicted octanol–water partition coefficient (Wildman–Crippen LogP) is 10.5. The molecular weight excluding hydrogens is 615 g/mol. The lowest BCUT2D eigenvalue weighted by Gasteiger charge is -2.22. The Balaban J connectivity index is 1.29. The van der Waals surface area contributed by atoms with Gasteiger partial charge in [-0.25, -0.2) is 4.90 Å². The van der Waals surface area contributed by atoms with E-state index in [-0.39, 0.29) is 11.8 Å². The number of nitriles is 1. The molecule has 9 rings (SSSR count). The number of rotatable bonds is 5. The summed E-state index contributed by atoms with van der Waals surface area (Å²) in [7, 11) is 0. The van der Waals surface area contributed by atoms with Gasteiger partial charge < -0.3 is 4.57 Å². The number of anilines is 1. The second-order valence-electron chi connectivity index (χ2n) is 12.3. The topological polar surface area (TPSA) is 66.1 Å². The van der Waals surface area contributed by atoms with Gasteiger partial charge in [0.15, 0.2) is 0 Å². The molecule has 7 aromatic carbocycles.